The van der Waals surface area contributed by atoms with E-state index in [4.69, 9.17) is 17.3 Å². The molecule has 0 saturated heterocycles. The topological polar surface area (TPSA) is 55.1 Å². The molecule has 0 heterocycles. The van der Waals surface area contributed by atoms with Crippen molar-refractivity contribution in [2.75, 3.05) is 6.54 Å². The SMILES string of the molecule is CCC(CN)C(=O)NCc1cc(Cl)ccc1F. The molecule has 0 aliphatic rings. The fourth-order valence-corrected chi connectivity index (χ4v) is 1.66. The normalized spacial score (nSPS) is 12.2. The van der Waals surface area contributed by atoms with Gasteiger partial charge in [0.1, 0.15) is 5.82 Å². The van der Waals surface area contributed by atoms with Gasteiger partial charge in [-0.2, -0.15) is 0 Å². The van der Waals surface area contributed by atoms with Crippen LogP contribution in [-0.4, -0.2) is 12.5 Å². The largest absolute Gasteiger partial charge is 0.352 e. The summed E-state index contributed by atoms with van der Waals surface area (Å²) >= 11 is 5.75. The lowest BCUT2D eigenvalue weighted by atomic mass is 10.1. The van der Waals surface area contributed by atoms with Crippen LogP contribution in [0.25, 0.3) is 0 Å². The molecule has 1 unspecified atom stereocenters. The van der Waals surface area contributed by atoms with Crippen LogP contribution in [0.5, 0.6) is 0 Å². The van der Waals surface area contributed by atoms with E-state index in [9.17, 15) is 9.18 Å². The Hall–Kier alpha value is -1.13. The second-order valence-electron chi connectivity index (χ2n) is 3.79. The summed E-state index contributed by atoms with van der Waals surface area (Å²) in [4.78, 5) is 11.6. The number of nitrogens with one attached hydrogen (secondary N) is 1. The van der Waals surface area contributed by atoms with Crippen molar-refractivity contribution < 1.29 is 9.18 Å². The summed E-state index contributed by atoms with van der Waals surface area (Å²) in [6.45, 7) is 2.30. The monoisotopic (exact) mass is 258 g/mol. The highest BCUT2D eigenvalue weighted by molar-refractivity contribution is 6.30. The van der Waals surface area contributed by atoms with Crippen LogP contribution in [0.15, 0.2) is 18.2 Å². The standard InChI is InChI=1S/C12H16ClFN2O/c1-2-8(6-15)12(17)16-7-9-5-10(13)3-4-11(9)14/h3-5,8H,2,6-7,15H2,1H3,(H,16,17). The minimum atomic E-state index is -0.379. The lowest BCUT2D eigenvalue weighted by Crippen LogP contribution is -2.34. The van der Waals surface area contributed by atoms with E-state index in [2.05, 4.69) is 5.32 Å². The van der Waals surface area contributed by atoms with Crippen LogP contribution >= 0.6 is 11.6 Å². The van der Waals surface area contributed by atoms with Gasteiger partial charge in [0.25, 0.3) is 0 Å². The van der Waals surface area contributed by atoms with E-state index in [1.807, 2.05) is 6.92 Å². The van der Waals surface area contributed by atoms with Crippen molar-refractivity contribution in [2.45, 2.75) is 19.9 Å². The van der Waals surface area contributed by atoms with Gasteiger partial charge >= 0.3 is 0 Å². The molecule has 1 amide bonds. The molecule has 0 spiro atoms. The lowest BCUT2D eigenvalue weighted by molar-refractivity contribution is -0.124. The van der Waals surface area contributed by atoms with Gasteiger partial charge in [-0.3, -0.25) is 4.79 Å². The smallest absolute Gasteiger partial charge is 0.224 e. The van der Waals surface area contributed by atoms with Gasteiger partial charge in [0.05, 0.1) is 0 Å². The Morgan fingerprint density at radius 3 is 2.88 bits per heavy atom. The summed E-state index contributed by atoms with van der Waals surface area (Å²) in [5, 5.41) is 3.10. The first-order valence-corrected chi connectivity index (χ1v) is 5.88. The first-order chi connectivity index (χ1) is 8.08. The first-order valence-electron chi connectivity index (χ1n) is 5.50. The van der Waals surface area contributed by atoms with Crippen LogP contribution in [0.1, 0.15) is 18.9 Å². The zero-order valence-electron chi connectivity index (χ0n) is 9.67. The molecule has 0 aliphatic carbocycles. The third kappa shape index (κ3) is 3.98. The van der Waals surface area contributed by atoms with Crippen molar-refractivity contribution >= 4 is 17.5 Å². The van der Waals surface area contributed by atoms with Crippen molar-refractivity contribution in [1.82, 2.24) is 5.32 Å². The van der Waals surface area contributed by atoms with Crippen LogP contribution in [0.2, 0.25) is 5.02 Å². The molecule has 0 saturated carbocycles. The van der Waals surface area contributed by atoms with E-state index in [0.29, 0.717) is 23.6 Å². The van der Waals surface area contributed by atoms with E-state index >= 15 is 0 Å². The fraction of sp³-hybridized carbons (Fsp3) is 0.417. The third-order valence-corrected chi connectivity index (χ3v) is 2.84. The van der Waals surface area contributed by atoms with Crippen molar-refractivity contribution in [3.05, 3.63) is 34.6 Å². The number of hydrogen-bond donors (Lipinski definition) is 2. The molecule has 3 nitrogen and oxygen atoms in total. The Bertz CT molecular complexity index is 394. The molecule has 0 aliphatic heterocycles. The molecule has 17 heavy (non-hydrogen) atoms. The predicted molar refractivity (Wildman–Crippen MR) is 66.1 cm³/mol. The van der Waals surface area contributed by atoms with Crippen molar-refractivity contribution in [3.8, 4) is 0 Å². The molecule has 0 fully saturated rings. The minimum absolute atomic E-state index is 0.127. The second-order valence-corrected chi connectivity index (χ2v) is 4.23. The van der Waals surface area contributed by atoms with Gasteiger partial charge in [-0.05, 0) is 24.6 Å². The van der Waals surface area contributed by atoms with E-state index in [1.54, 1.807) is 0 Å². The Balaban J connectivity index is 2.61. The molecule has 0 bridgehead atoms. The Morgan fingerprint density at radius 2 is 2.29 bits per heavy atom. The highest BCUT2D eigenvalue weighted by Gasteiger charge is 2.14. The molecular weight excluding hydrogens is 243 g/mol. The summed E-state index contributed by atoms with van der Waals surface area (Å²) in [5.41, 5.74) is 5.82. The van der Waals surface area contributed by atoms with Crippen molar-refractivity contribution in [1.29, 1.82) is 0 Å². The van der Waals surface area contributed by atoms with Crippen LogP contribution in [0, 0.1) is 11.7 Å². The second kappa shape index (κ2) is 6.57. The maximum Gasteiger partial charge on any atom is 0.224 e. The minimum Gasteiger partial charge on any atom is -0.352 e. The zero-order valence-corrected chi connectivity index (χ0v) is 10.4. The molecule has 3 N–H and O–H groups in total. The predicted octanol–water partition coefficient (Wildman–Crippen LogP) is 2.08. The summed E-state index contributed by atoms with van der Waals surface area (Å²) in [6.07, 6.45) is 0.667. The maximum atomic E-state index is 13.4. The number of rotatable bonds is 5. The summed E-state index contributed by atoms with van der Waals surface area (Å²) in [6, 6.07) is 4.25. The van der Waals surface area contributed by atoms with Gasteiger partial charge < -0.3 is 11.1 Å². The highest BCUT2D eigenvalue weighted by atomic mass is 35.5. The van der Waals surface area contributed by atoms with E-state index in [-0.39, 0.29) is 24.2 Å². The first kappa shape index (κ1) is 13.9. The quantitative estimate of drug-likeness (QED) is 0.850. The number of amides is 1. The highest BCUT2D eigenvalue weighted by Crippen LogP contribution is 2.14. The molecule has 0 radical (unpaired) electrons. The molecule has 0 aromatic heterocycles. The Labute approximate surface area is 105 Å². The molecule has 1 aromatic carbocycles. The van der Waals surface area contributed by atoms with Gasteiger partial charge in [-0.1, -0.05) is 18.5 Å². The summed E-state index contributed by atoms with van der Waals surface area (Å²) < 4.78 is 13.4. The maximum absolute atomic E-state index is 13.4. The van der Waals surface area contributed by atoms with Gasteiger partial charge in [0, 0.05) is 29.6 Å². The fourth-order valence-electron chi connectivity index (χ4n) is 1.46. The molecule has 1 atom stereocenters. The summed E-state index contributed by atoms with van der Waals surface area (Å²) in [7, 11) is 0. The van der Waals surface area contributed by atoms with Crippen molar-refractivity contribution in [3.63, 3.8) is 0 Å². The number of hydrogen-bond acceptors (Lipinski definition) is 2. The van der Waals surface area contributed by atoms with Gasteiger partial charge in [-0.25, -0.2) is 4.39 Å². The van der Waals surface area contributed by atoms with Gasteiger partial charge in [0.15, 0.2) is 0 Å². The molecule has 1 aromatic rings. The number of benzene rings is 1. The molecule has 94 valence electrons. The summed E-state index contributed by atoms with van der Waals surface area (Å²) in [5.74, 6) is -0.762. The van der Waals surface area contributed by atoms with Crippen LogP contribution in [0.3, 0.4) is 0 Å². The number of carbonyl (C=O) groups excluding carboxylic acids is 1. The molecular formula is C12H16ClFN2O. The zero-order chi connectivity index (χ0) is 12.8. The van der Waals surface area contributed by atoms with E-state index < -0.39 is 0 Å². The van der Waals surface area contributed by atoms with E-state index in [1.165, 1.54) is 18.2 Å². The van der Waals surface area contributed by atoms with Crippen LogP contribution < -0.4 is 11.1 Å². The lowest BCUT2D eigenvalue weighted by Gasteiger charge is -2.13. The average molecular weight is 259 g/mol. The number of nitrogens with two attached hydrogens (primary N) is 1. The third-order valence-electron chi connectivity index (χ3n) is 2.61. The van der Waals surface area contributed by atoms with Gasteiger partial charge in [-0.15, -0.1) is 0 Å². The van der Waals surface area contributed by atoms with Crippen LogP contribution in [-0.2, 0) is 11.3 Å². The van der Waals surface area contributed by atoms with Crippen LogP contribution in [0.4, 0.5) is 4.39 Å². The Kier molecular flexibility index (Phi) is 5.38. The number of carbonyl (C=O) groups is 1. The Morgan fingerprint density at radius 1 is 1.59 bits per heavy atom. The molecule has 1 rings (SSSR count). The van der Waals surface area contributed by atoms with E-state index in [0.717, 1.165) is 0 Å². The molecule has 5 heteroatoms. The average Bonchev–Trinajstić information content (AvgIpc) is 2.32. The van der Waals surface area contributed by atoms with Gasteiger partial charge in [0.2, 0.25) is 5.91 Å². The number of halogens is 2. The van der Waals surface area contributed by atoms with Crippen molar-refractivity contribution in [2.24, 2.45) is 11.7 Å².